The number of aromatic nitrogens is 2. The number of nitrogens with zero attached hydrogens (tertiary/aromatic N) is 1. The van der Waals surface area contributed by atoms with Crippen LogP contribution in [0.1, 0.15) is 41.9 Å². The van der Waals surface area contributed by atoms with Crippen LogP contribution >= 0.6 is 0 Å². The molecule has 3 N–H and O–H groups in total. The van der Waals surface area contributed by atoms with Crippen LogP contribution in [0.2, 0.25) is 0 Å². The molecule has 30 heavy (non-hydrogen) atoms. The maximum absolute atomic E-state index is 12.3. The van der Waals surface area contributed by atoms with E-state index >= 15 is 0 Å². The summed E-state index contributed by atoms with van der Waals surface area (Å²) in [7, 11) is 1.51. The molecule has 3 aromatic rings. The Hall–Kier alpha value is -3.26. The topological polar surface area (TPSA) is 107 Å². The molecule has 0 aliphatic carbocycles. The van der Waals surface area contributed by atoms with E-state index in [1.54, 1.807) is 18.2 Å². The molecule has 0 spiro atoms. The second kappa shape index (κ2) is 9.49. The molecular weight excluding hydrogens is 389 g/mol. The summed E-state index contributed by atoms with van der Waals surface area (Å²) in [6.45, 7) is 2.64. The van der Waals surface area contributed by atoms with Crippen LogP contribution in [0, 0.1) is 5.82 Å². The number of methoxy groups -OCH3 is 1. The molecule has 0 saturated carbocycles. The lowest BCUT2D eigenvalue weighted by Crippen LogP contribution is -2.24. The molecule has 0 bridgehead atoms. The van der Waals surface area contributed by atoms with E-state index in [1.165, 1.54) is 31.5 Å². The van der Waals surface area contributed by atoms with Gasteiger partial charge in [-0.15, -0.1) is 0 Å². The van der Waals surface area contributed by atoms with Gasteiger partial charge in [-0.1, -0.05) is 6.07 Å². The first-order valence-corrected chi connectivity index (χ1v) is 9.62. The number of hydrogen-bond donors (Lipinski definition) is 2. The number of rotatable bonds is 3. The number of amides is 1. The largest absolute Gasteiger partial charge is 0.497 e. The van der Waals surface area contributed by atoms with Crippen LogP contribution in [0.25, 0.3) is 10.9 Å². The van der Waals surface area contributed by atoms with Crippen molar-refractivity contribution in [2.45, 2.75) is 31.8 Å². The molecule has 1 saturated heterocycles. The summed E-state index contributed by atoms with van der Waals surface area (Å²) >= 11 is 0. The summed E-state index contributed by atoms with van der Waals surface area (Å²) in [5.74, 6) is -0.249. The van der Waals surface area contributed by atoms with Gasteiger partial charge in [-0.3, -0.25) is 14.6 Å². The minimum atomic E-state index is -0.700. The standard InChI is InChI=1S/C15H17N3O3.C7H7FO/c1-8-2-3-9(7-21-8)11-6-12(19)13-10(18-11)4-5-17-14(13)15(16)20;1-9-7-4-2-3-6(8)5-7/h4-6,8-9H,2-3,7H2,1H3,(H2,16,20)(H,18,19);2-5H,1H3. The highest BCUT2D eigenvalue weighted by Crippen LogP contribution is 2.27. The zero-order valence-corrected chi connectivity index (χ0v) is 16.9. The van der Waals surface area contributed by atoms with Crippen LogP contribution < -0.4 is 15.9 Å². The van der Waals surface area contributed by atoms with E-state index in [1.807, 2.05) is 6.92 Å². The Bertz CT molecular complexity index is 1090. The zero-order chi connectivity index (χ0) is 21.7. The second-order valence-corrected chi connectivity index (χ2v) is 7.12. The van der Waals surface area contributed by atoms with Crippen molar-refractivity contribution in [3.05, 3.63) is 70.0 Å². The monoisotopic (exact) mass is 413 g/mol. The number of hydrogen-bond acceptors (Lipinski definition) is 5. The average Bonchev–Trinajstić information content (AvgIpc) is 2.74. The Labute approximate surface area is 173 Å². The fourth-order valence-electron chi connectivity index (χ4n) is 3.35. The molecular formula is C22H24FN3O4. The Balaban J connectivity index is 0.000000239. The molecule has 2 atom stereocenters. The predicted molar refractivity (Wildman–Crippen MR) is 111 cm³/mol. The molecule has 2 aromatic heterocycles. The minimum Gasteiger partial charge on any atom is -0.497 e. The molecule has 8 heteroatoms. The van der Waals surface area contributed by atoms with Gasteiger partial charge in [0.05, 0.1) is 30.7 Å². The number of H-pyrrole nitrogens is 1. The number of aromatic amines is 1. The maximum Gasteiger partial charge on any atom is 0.268 e. The number of fused-ring (bicyclic) bond motifs is 1. The van der Waals surface area contributed by atoms with Gasteiger partial charge in [0.15, 0.2) is 5.43 Å². The Morgan fingerprint density at radius 1 is 1.30 bits per heavy atom. The minimum absolute atomic E-state index is 0.00816. The van der Waals surface area contributed by atoms with E-state index in [0.29, 0.717) is 17.9 Å². The number of benzene rings is 1. The smallest absolute Gasteiger partial charge is 0.268 e. The molecule has 7 nitrogen and oxygen atoms in total. The van der Waals surface area contributed by atoms with E-state index in [0.717, 1.165) is 18.5 Å². The van der Waals surface area contributed by atoms with Crippen LogP contribution in [-0.4, -0.2) is 35.7 Å². The van der Waals surface area contributed by atoms with Gasteiger partial charge in [-0.05, 0) is 38.0 Å². The second-order valence-electron chi connectivity index (χ2n) is 7.12. The van der Waals surface area contributed by atoms with Crippen molar-refractivity contribution in [2.75, 3.05) is 13.7 Å². The van der Waals surface area contributed by atoms with E-state index in [2.05, 4.69) is 9.97 Å². The molecule has 158 valence electrons. The van der Waals surface area contributed by atoms with Gasteiger partial charge >= 0.3 is 0 Å². The molecule has 1 aliphatic rings. The van der Waals surface area contributed by atoms with E-state index in [9.17, 15) is 14.0 Å². The first-order valence-electron chi connectivity index (χ1n) is 9.62. The fraction of sp³-hybridized carbons (Fsp3) is 0.318. The molecule has 1 aliphatic heterocycles. The van der Waals surface area contributed by atoms with Crippen molar-refractivity contribution in [3.8, 4) is 5.75 Å². The Kier molecular flexibility index (Phi) is 6.79. The van der Waals surface area contributed by atoms with E-state index < -0.39 is 5.91 Å². The zero-order valence-electron chi connectivity index (χ0n) is 16.9. The molecule has 3 heterocycles. The Morgan fingerprint density at radius 2 is 2.10 bits per heavy atom. The van der Waals surface area contributed by atoms with Crippen LogP contribution in [0.4, 0.5) is 4.39 Å². The van der Waals surface area contributed by atoms with Gasteiger partial charge in [-0.2, -0.15) is 0 Å². The van der Waals surface area contributed by atoms with Crippen LogP contribution in [0.15, 0.2) is 47.4 Å². The molecule has 2 unspecified atom stereocenters. The van der Waals surface area contributed by atoms with Gasteiger partial charge in [0, 0.05) is 29.9 Å². The number of carbonyl (C=O) groups is 1. The van der Waals surface area contributed by atoms with Crippen molar-refractivity contribution in [1.82, 2.24) is 9.97 Å². The molecule has 1 aromatic carbocycles. The average molecular weight is 413 g/mol. The van der Waals surface area contributed by atoms with Crippen LogP contribution in [0.3, 0.4) is 0 Å². The normalized spacial score (nSPS) is 18.4. The summed E-state index contributed by atoms with van der Waals surface area (Å²) in [5, 5.41) is 0.249. The third-order valence-electron chi connectivity index (χ3n) is 4.97. The summed E-state index contributed by atoms with van der Waals surface area (Å²) in [5.41, 5.74) is 6.46. The summed E-state index contributed by atoms with van der Waals surface area (Å²) in [6, 6.07) is 9.22. The highest BCUT2D eigenvalue weighted by molar-refractivity contribution is 6.03. The quantitative estimate of drug-likeness (QED) is 0.686. The van der Waals surface area contributed by atoms with Crippen molar-refractivity contribution in [2.24, 2.45) is 5.73 Å². The lowest BCUT2D eigenvalue weighted by molar-refractivity contribution is 0.0147. The van der Waals surface area contributed by atoms with E-state index in [-0.39, 0.29) is 34.3 Å². The summed E-state index contributed by atoms with van der Waals surface area (Å²) in [6.07, 6.45) is 3.67. The van der Waals surface area contributed by atoms with Gasteiger partial charge < -0.3 is 20.2 Å². The SMILES string of the molecule is CC1CCC(c2cc(=O)c3c(C(N)=O)nccc3[nH]2)CO1.COc1cccc(F)c1. The molecule has 0 radical (unpaired) electrons. The first kappa shape index (κ1) is 21.4. The number of nitrogens with one attached hydrogen (secondary N) is 1. The number of halogens is 1. The Morgan fingerprint density at radius 3 is 2.70 bits per heavy atom. The fourth-order valence-corrected chi connectivity index (χ4v) is 3.35. The lowest BCUT2D eigenvalue weighted by atomic mass is 9.95. The van der Waals surface area contributed by atoms with Crippen molar-refractivity contribution in [3.63, 3.8) is 0 Å². The number of nitrogens with two attached hydrogens (primary N) is 1. The van der Waals surface area contributed by atoms with Crippen LogP contribution in [-0.2, 0) is 4.74 Å². The number of primary amides is 1. The molecule has 4 rings (SSSR count). The van der Waals surface area contributed by atoms with Crippen molar-refractivity contribution < 1.29 is 18.7 Å². The van der Waals surface area contributed by atoms with Crippen molar-refractivity contribution >= 4 is 16.8 Å². The first-order chi connectivity index (χ1) is 14.4. The van der Waals surface area contributed by atoms with E-state index in [4.69, 9.17) is 15.2 Å². The highest BCUT2D eigenvalue weighted by atomic mass is 19.1. The third kappa shape index (κ3) is 5.01. The number of pyridine rings is 2. The summed E-state index contributed by atoms with van der Waals surface area (Å²) < 4.78 is 22.7. The summed E-state index contributed by atoms with van der Waals surface area (Å²) in [4.78, 5) is 30.8. The number of ether oxygens (including phenoxy) is 2. The number of carbonyl (C=O) groups excluding carboxylic acids is 1. The maximum atomic E-state index is 12.3. The molecule has 1 amide bonds. The van der Waals surface area contributed by atoms with Gasteiger partial charge in [0.25, 0.3) is 5.91 Å². The third-order valence-corrected chi connectivity index (χ3v) is 4.97. The highest BCUT2D eigenvalue weighted by Gasteiger charge is 2.22. The van der Waals surface area contributed by atoms with Crippen LogP contribution in [0.5, 0.6) is 5.75 Å². The van der Waals surface area contributed by atoms with Gasteiger partial charge in [0.1, 0.15) is 17.3 Å². The molecule has 1 fully saturated rings. The van der Waals surface area contributed by atoms with Gasteiger partial charge in [0.2, 0.25) is 0 Å². The lowest BCUT2D eigenvalue weighted by Gasteiger charge is -2.27. The van der Waals surface area contributed by atoms with Crippen molar-refractivity contribution in [1.29, 1.82) is 0 Å². The van der Waals surface area contributed by atoms with Gasteiger partial charge in [-0.25, -0.2) is 4.39 Å². The predicted octanol–water partition coefficient (Wildman–Crippen LogP) is 3.14.